The number of guanidine groups is 1. The Bertz CT molecular complexity index is 640. The quantitative estimate of drug-likeness (QED) is 0.345. The molecule has 3 rings (SSSR count). The first kappa shape index (κ1) is 25.0. The van der Waals surface area contributed by atoms with Gasteiger partial charge in [-0.1, -0.05) is 0 Å². The normalized spacial score (nSPS) is 19.9. The molecule has 2 fully saturated rings. The number of nitrogens with one attached hydrogen (secondary N) is 1. The molecule has 0 radical (unpaired) electrons. The molecule has 1 unspecified atom stereocenters. The number of aliphatic imine (C=N–C) groups is 1. The maximum Gasteiger partial charge on any atom is 0.194 e. The highest BCUT2D eigenvalue weighted by Crippen LogP contribution is 2.20. The summed E-state index contributed by atoms with van der Waals surface area (Å²) in [5.41, 5.74) is 1.26. The first-order valence-corrected chi connectivity index (χ1v) is 11.0. The van der Waals surface area contributed by atoms with Crippen LogP contribution in [0.4, 0.5) is 5.69 Å². The Kier molecular flexibility index (Phi) is 10.5. The van der Waals surface area contributed by atoms with E-state index in [-0.39, 0.29) is 24.0 Å². The van der Waals surface area contributed by atoms with Gasteiger partial charge in [-0.05, 0) is 45.2 Å². The zero-order chi connectivity index (χ0) is 20.6. The Balaban J connectivity index is 0.00000320. The maximum absolute atomic E-state index is 5.27. The van der Waals surface area contributed by atoms with E-state index in [9.17, 15) is 0 Å². The summed E-state index contributed by atoms with van der Waals surface area (Å²) in [5.74, 6) is 1.96. The number of nitrogens with zero attached hydrogens (tertiary/aromatic N) is 5. The van der Waals surface area contributed by atoms with E-state index in [2.05, 4.69) is 57.9 Å². The summed E-state index contributed by atoms with van der Waals surface area (Å²) in [6.07, 6.45) is 0. The highest BCUT2D eigenvalue weighted by molar-refractivity contribution is 14.0. The smallest absolute Gasteiger partial charge is 0.194 e. The van der Waals surface area contributed by atoms with Crippen LogP contribution in [0.3, 0.4) is 0 Å². The van der Waals surface area contributed by atoms with Crippen LogP contribution < -0.4 is 15.0 Å². The van der Waals surface area contributed by atoms with Gasteiger partial charge >= 0.3 is 0 Å². The Morgan fingerprint density at radius 1 is 1.03 bits per heavy atom. The minimum atomic E-state index is 0. The fourth-order valence-corrected chi connectivity index (χ4v) is 3.99. The first-order valence-electron chi connectivity index (χ1n) is 11.0. The van der Waals surface area contributed by atoms with Crippen molar-refractivity contribution in [2.75, 3.05) is 84.5 Å². The van der Waals surface area contributed by atoms with Gasteiger partial charge in [-0.25, -0.2) is 0 Å². The van der Waals surface area contributed by atoms with E-state index in [0.29, 0.717) is 6.04 Å². The van der Waals surface area contributed by atoms with Crippen molar-refractivity contribution in [1.29, 1.82) is 0 Å². The van der Waals surface area contributed by atoms with Gasteiger partial charge in [0.25, 0.3) is 0 Å². The first-order chi connectivity index (χ1) is 14.1. The van der Waals surface area contributed by atoms with Crippen molar-refractivity contribution in [1.82, 2.24) is 20.0 Å². The largest absolute Gasteiger partial charge is 0.497 e. The predicted octanol–water partition coefficient (Wildman–Crippen LogP) is 2.04. The molecule has 170 valence electrons. The van der Waals surface area contributed by atoms with Gasteiger partial charge in [0, 0.05) is 70.6 Å². The Morgan fingerprint density at radius 2 is 1.67 bits per heavy atom. The molecule has 1 aromatic carbocycles. The summed E-state index contributed by atoms with van der Waals surface area (Å²) in [6, 6.07) is 8.84. The van der Waals surface area contributed by atoms with E-state index >= 15 is 0 Å². The SMILES string of the molecule is CCNC(=NCC(C)N1CCN(C)CC1)N1CCN(c2ccc(OC)cc2)CC1.I. The lowest BCUT2D eigenvalue weighted by Gasteiger charge is -2.38. The fourth-order valence-electron chi connectivity index (χ4n) is 3.99. The van der Waals surface area contributed by atoms with Crippen LogP contribution in [0.15, 0.2) is 29.3 Å². The van der Waals surface area contributed by atoms with Crippen molar-refractivity contribution in [2.24, 2.45) is 4.99 Å². The summed E-state index contributed by atoms with van der Waals surface area (Å²) >= 11 is 0. The third-order valence-electron chi connectivity index (χ3n) is 6.02. The number of rotatable bonds is 6. The van der Waals surface area contributed by atoms with Crippen LogP contribution >= 0.6 is 24.0 Å². The number of ether oxygens (including phenoxy) is 1. The van der Waals surface area contributed by atoms with Crippen molar-refractivity contribution in [3.63, 3.8) is 0 Å². The van der Waals surface area contributed by atoms with Crippen molar-refractivity contribution in [3.8, 4) is 5.75 Å². The van der Waals surface area contributed by atoms with E-state index in [0.717, 1.165) is 77.2 Å². The van der Waals surface area contributed by atoms with Gasteiger partial charge in [-0.3, -0.25) is 9.89 Å². The second-order valence-electron chi connectivity index (χ2n) is 8.06. The van der Waals surface area contributed by atoms with Gasteiger partial charge in [-0.2, -0.15) is 0 Å². The Morgan fingerprint density at radius 3 is 2.23 bits per heavy atom. The van der Waals surface area contributed by atoms with Crippen LogP contribution in [-0.2, 0) is 0 Å². The third-order valence-corrected chi connectivity index (χ3v) is 6.02. The second-order valence-corrected chi connectivity index (χ2v) is 8.06. The van der Waals surface area contributed by atoms with Crippen LogP contribution in [-0.4, -0.2) is 106 Å². The predicted molar refractivity (Wildman–Crippen MR) is 137 cm³/mol. The van der Waals surface area contributed by atoms with E-state index in [1.807, 2.05) is 12.1 Å². The summed E-state index contributed by atoms with van der Waals surface area (Å²) in [4.78, 5) is 14.8. The molecule has 1 aromatic rings. The topological polar surface area (TPSA) is 46.6 Å². The Labute approximate surface area is 199 Å². The lowest BCUT2D eigenvalue weighted by atomic mass is 10.2. The van der Waals surface area contributed by atoms with Gasteiger partial charge in [0.15, 0.2) is 5.96 Å². The molecule has 0 amide bonds. The molecular weight excluding hydrogens is 491 g/mol. The maximum atomic E-state index is 5.27. The number of anilines is 1. The lowest BCUT2D eigenvalue weighted by molar-refractivity contribution is 0.122. The molecule has 2 saturated heterocycles. The molecule has 1 atom stereocenters. The van der Waals surface area contributed by atoms with Crippen molar-refractivity contribution >= 4 is 35.6 Å². The highest BCUT2D eigenvalue weighted by Gasteiger charge is 2.22. The lowest BCUT2D eigenvalue weighted by Crippen LogP contribution is -2.53. The molecule has 0 aromatic heterocycles. The van der Waals surface area contributed by atoms with Gasteiger partial charge < -0.3 is 24.8 Å². The molecule has 2 aliphatic heterocycles. The number of halogens is 1. The number of hydrogen-bond acceptors (Lipinski definition) is 5. The summed E-state index contributed by atoms with van der Waals surface area (Å²) in [6.45, 7) is 14.8. The van der Waals surface area contributed by atoms with Gasteiger partial charge in [0.05, 0.1) is 13.7 Å². The van der Waals surface area contributed by atoms with Crippen molar-refractivity contribution in [3.05, 3.63) is 24.3 Å². The molecule has 30 heavy (non-hydrogen) atoms. The van der Waals surface area contributed by atoms with Gasteiger partial charge in [0.2, 0.25) is 0 Å². The average molecular weight is 530 g/mol. The molecule has 0 aliphatic carbocycles. The number of hydrogen-bond donors (Lipinski definition) is 1. The molecule has 0 bridgehead atoms. The van der Waals surface area contributed by atoms with Crippen LogP contribution in [0, 0.1) is 0 Å². The molecule has 1 N–H and O–H groups in total. The molecule has 2 aliphatic rings. The van der Waals surface area contributed by atoms with Crippen LogP contribution in [0.25, 0.3) is 0 Å². The second kappa shape index (κ2) is 12.6. The van der Waals surface area contributed by atoms with Crippen LogP contribution in [0.1, 0.15) is 13.8 Å². The van der Waals surface area contributed by atoms with E-state index < -0.39 is 0 Å². The van der Waals surface area contributed by atoms with E-state index in [1.54, 1.807) is 7.11 Å². The standard InChI is InChI=1S/C22H38N6O.HI/c1-5-23-22(24-18-19(2)26-12-10-25(3)11-13-26)28-16-14-27(15-17-28)20-6-8-21(29-4)9-7-20;/h6-9,19H,5,10-18H2,1-4H3,(H,23,24);1H. The number of methoxy groups -OCH3 is 1. The third kappa shape index (κ3) is 6.88. The summed E-state index contributed by atoms with van der Waals surface area (Å²) in [5, 5.41) is 3.50. The van der Waals surface area contributed by atoms with Gasteiger partial charge in [0.1, 0.15) is 5.75 Å². The minimum absolute atomic E-state index is 0. The van der Waals surface area contributed by atoms with Gasteiger partial charge in [-0.15, -0.1) is 24.0 Å². The van der Waals surface area contributed by atoms with E-state index in [1.165, 1.54) is 5.69 Å². The summed E-state index contributed by atoms with van der Waals surface area (Å²) < 4.78 is 5.27. The number of piperazine rings is 2. The molecule has 0 spiro atoms. The zero-order valence-electron chi connectivity index (χ0n) is 19.0. The molecule has 2 heterocycles. The molecule has 8 heteroatoms. The van der Waals surface area contributed by atoms with Crippen LogP contribution in [0.2, 0.25) is 0 Å². The monoisotopic (exact) mass is 530 g/mol. The van der Waals surface area contributed by atoms with Crippen molar-refractivity contribution in [2.45, 2.75) is 19.9 Å². The zero-order valence-corrected chi connectivity index (χ0v) is 21.3. The summed E-state index contributed by atoms with van der Waals surface area (Å²) in [7, 11) is 3.91. The Hall–Kier alpha value is -1.26. The minimum Gasteiger partial charge on any atom is -0.497 e. The van der Waals surface area contributed by atoms with E-state index in [4.69, 9.17) is 9.73 Å². The molecule has 0 saturated carbocycles. The highest BCUT2D eigenvalue weighted by atomic mass is 127. The van der Waals surface area contributed by atoms with Crippen LogP contribution in [0.5, 0.6) is 5.75 Å². The van der Waals surface area contributed by atoms with Crippen molar-refractivity contribution < 1.29 is 4.74 Å². The fraction of sp³-hybridized carbons (Fsp3) is 0.682. The number of benzene rings is 1. The molecular formula is C22H39IN6O. The average Bonchev–Trinajstić information content (AvgIpc) is 2.77. The number of likely N-dealkylation sites (N-methyl/N-ethyl adjacent to an activating group) is 1. The molecule has 7 nitrogen and oxygen atoms in total.